The van der Waals surface area contributed by atoms with E-state index in [4.69, 9.17) is 9.72 Å². The van der Waals surface area contributed by atoms with Crippen LogP contribution in [0.3, 0.4) is 0 Å². The standard InChI is InChI=1S/C19H18N2O2S/c1-13-18(21-19(24-13)15-6-4-3-5-7-15)14-8-10-16(11-9-14)20-17(22)12-23-2/h3-11H,12H2,1-2H3,(H,20,22). The highest BCUT2D eigenvalue weighted by Gasteiger charge is 2.11. The van der Waals surface area contributed by atoms with E-state index in [1.807, 2.05) is 42.5 Å². The fourth-order valence-electron chi connectivity index (χ4n) is 2.41. The van der Waals surface area contributed by atoms with Crippen LogP contribution in [-0.4, -0.2) is 24.6 Å². The summed E-state index contributed by atoms with van der Waals surface area (Å²) in [5.41, 5.74) is 3.89. The number of hydrogen-bond donors (Lipinski definition) is 1. The van der Waals surface area contributed by atoms with Crippen LogP contribution in [-0.2, 0) is 9.53 Å². The number of aryl methyl sites for hydroxylation is 1. The number of amides is 1. The Morgan fingerprint density at radius 3 is 2.46 bits per heavy atom. The van der Waals surface area contributed by atoms with Gasteiger partial charge in [0.15, 0.2) is 0 Å². The molecule has 0 bridgehead atoms. The normalized spacial score (nSPS) is 10.6. The van der Waals surface area contributed by atoms with Crippen LogP contribution in [0.5, 0.6) is 0 Å². The number of methoxy groups -OCH3 is 1. The van der Waals surface area contributed by atoms with Gasteiger partial charge < -0.3 is 10.1 Å². The lowest BCUT2D eigenvalue weighted by Gasteiger charge is -2.05. The predicted molar refractivity (Wildman–Crippen MR) is 98.2 cm³/mol. The highest BCUT2D eigenvalue weighted by molar-refractivity contribution is 7.15. The molecule has 1 amide bonds. The molecule has 0 radical (unpaired) electrons. The molecular formula is C19H18N2O2S. The average molecular weight is 338 g/mol. The number of nitrogens with one attached hydrogen (secondary N) is 1. The molecular weight excluding hydrogens is 320 g/mol. The number of ether oxygens (including phenoxy) is 1. The van der Waals surface area contributed by atoms with Crippen LogP contribution < -0.4 is 5.32 Å². The summed E-state index contributed by atoms with van der Waals surface area (Å²) in [6, 6.07) is 17.9. The van der Waals surface area contributed by atoms with Gasteiger partial charge in [0.05, 0.1) is 5.69 Å². The molecule has 0 fully saturated rings. The van der Waals surface area contributed by atoms with Crippen molar-refractivity contribution in [3.8, 4) is 21.8 Å². The number of thiazole rings is 1. The summed E-state index contributed by atoms with van der Waals surface area (Å²) < 4.78 is 4.81. The number of anilines is 1. The van der Waals surface area contributed by atoms with Gasteiger partial charge in [-0.2, -0.15) is 0 Å². The lowest BCUT2D eigenvalue weighted by molar-refractivity contribution is -0.119. The molecule has 1 heterocycles. The summed E-state index contributed by atoms with van der Waals surface area (Å²) in [7, 11) is 1.50. The van der Waals surface area contributed by atoms with Crippen molar-refractivity contribution < 1.29 is 9.53 Å². The molecule has 0 aliphatic rings. The molecule has 1 aromatic heterocycles. The van der Waals surface area contributed by atoms with Gasteiger partial charge in [-0.15, -0.1) is 11.3 Å². The molecule has 0 saturated carbocycles. The van der Waals surface area contributed by atoms with Crippen molar-refractivity contribution in [2.45, 2.75) is 6.92 Å². The highest BCUT2D eigenvalue weighted by atomic mass is 32.1. The molecule has 1 N–H and O–H groups in total. The van der Waals surface area contributed by atoms with E-state index >= 15 is 0 Å². The van der Waals surface area contributed by atoms with E-state index in [-0.39, 0.29) is 12.5 Å². The van der Waals surface area contributed by atoms with Gasteiger partial charge in [-0.3, -0.25) is 4.79 Å². The lowest BCUT2D eigenvalue weighted by Crippen LogP contribution is -2.16. The molecule has 122 valence electrons. The molecule has 0 aliphatic carbocycles. The summed E-state index contributed by atoms with van der Waals surface area (Å²) >= 11 is 1.69. The molecule has 3 rings (SSSR count). The number of rotatable bonds is 5. The predicted octanol–water partition coefficient (Wildman–Crippen LogP) is 4.37. The first-order valence-electron chi connectivity index (χ1n) is 7.59. The Hall–Kier alpha value is -2.50. The van der Waals surface area contributed by atoms with E-state index in [1.54, 1.807) is 11.3 Å². The van der Waals surface area contributed by atoms with Gasteiger partial charge in [0, 0.05) is 28.8 Å². The second-order valence-corrected chi connectivity index (χ2v) is 6.55. The Kier molecular flexibility index (Phi) is 5.03. The van der Waals surface area contributed by atoms with Crippen molar-refractivity contribution in [1.29, 1.82) is 0 Å². The molecule has 2 aromatic carbocycles. The topological polar surface area (TPSA) is 51.2 Å². The summed E-state index contributed by atoms with van der Waals surface area (Å²) in [5.74, 6) is -0.165. The van der Waals surface area contributed by atoms with Crippen LogP contribution in [0.2, 0.25) is 0 Å². The Balaban J connectivity index is 1.82. The second kappa shape index (κ2) is 7.38. The smallest absolute Gasteiger partial charge is 0.250 e. The molecule has 3 aromatic rings. The van der Waals surface area contributed by atoms with Crippen molar-refractivity contribution in [1.82, 2.24) is 4.98 Å². The Morgan fingerprint density at radius 2 is 1.79 bits per heavy atom. The minimum absolute atomic E-state index is 0.0490. The first-order valence-corrected chi connectivity index (χ1v) is 8.41. The second-order valence-electron chi connectivity index (χ2n) is 5.35. The van der Waals surface area contributed by atoms with Crippen LogP contribution in [0.1, 0.15) is 4.88 Å². The van der Waals surface area contributed by atoms with Gasteiger partial charge in [-0.25, -0.2) is 4.98 Å². The van der Waals surface area contributed by atoms with Crippen LogP contribution in [0.15, 0.2) is 54.6 Å². The Morgan fingerprint density at radius 1 is 1.08 bits per heavy atom. The fraction of sp³-hybridized carbons (Fsp3) is 0.158. The zero-order chi connectivity index (χ0) is 16.9. The first-order chi connectivity index (χ1) is 11.7. The zero-order valence-electron chi connectivity index (χ0n) is 13.6. The Bertz CT molecular complexity index is 826. The number of carbonyl (C=O) groups is 1. The minimum atomic E-state index is -0.165. The fourth-order valence-corrected chi connectivity index (χ4v) is 3.35. The maximum absolute atomic E-state index is 11.5. The van der Waals surface area contributed by atoms with E-state index < -0.39 is 0 Å². The molecule has 4 nitrogen and oxygen atoms in total. The molecule has 0 spiro atoms. The van der Waals surface area contributed by atoms with Crippen molar-refractivity contribution in [3.05, 3.63) is 59.5 Å². The molecule has 0 atom stereocenters. The summed E-state index contributed by atoms with van der Waals surface area (Å²) in [4.78, 5) is 17.5. The van der Waals surface area contributed by atoms with E-state index in [0.29, 0.717) is 0 Å². The monoisotopic (exact) mass is 338 g/mol. The number of nitrogens with zero attached hydrogens (tertiary/aromatic N) is 1. The van der Waals surface area contributed by atoms with Gasteiger partial charge in [0.2, 0.25) is 5.91 Å². The largest absolute Gasteiger partial charge is 0.375 e. The quantitative estimate of drug-likeness (QED) is 0.751. The molecule has 0 aliphatic heterocycles. The zero-order valence-corrected chi connectivity index (χ0v) is 14.4. The Labute approximate surface area is 145 Å². The van der Waals surface area contributed by atoms with Crippen molar-refractivity contribution in [2.24, 2.45) is 0 Å². The SMILES string of the molecule is COCC(=O)Nc1ccc(-c2nc(-c3ccccc3)sc2C)cc1. The van der Waals surface area contributed by atoms with Crippen LogP contribution >= 0.6 is 11.3 Å². The van der Waals surface area contributed by atoms with Gasteiger partial charge >= 0.3 is 0 Å². The number of hydrogen-bond acceptors (Lipinski definition) is 4. The maximum atomic E-state index is 11.5. The minimum Gasteiger partial charge on any atom is -0.375 e. The summed E-state index contributed by atoms with van der Waals surface area (Å²) in [6.07, 6.45) is 0. The third-order valence-corrected chi connectivity index (χ3v) is 4.55. The molecule has 24 heavy (non-hydrogen) atoms. The van der Waals surface area contributed by atoms with E-state index in [0.717, 1.165) is 27.5 Å². The van der Waals surface area contributed by atoms with Crippen LogP contribution in [0.4, 0.5) is 5.69 Å². The molecule has 0 unspecified atom stereocenters. The van der Waals surface area contributed by atoms with Crippen molar-refractivity contribution in [3.63, 3.8) is 0 Å². The third-order valence-electron chi connectivity index (χ3n) is 3.53. The summed E-state index contributed by atoms with van der Waals surface area (Å²) in [5, 5.41) is 3.80. The third kappa shape index (κ3) is 3.69. The van der Waals surface area contributed by atoms with Crippen molar-refractivity contribution in [2.75, 3.05) is 19.0 Å². The maximum Gasteiger partial charge on any atom is 0.250 e. The molecule has 5 heteroatoms. The molecule has 0 saturated heterocycles. The lowest BCUT2D eigenvalue weighted by atomic mass is 10.1. The van der Waals surface area contributed by atoms with Crippen LogP contribution in [0, 0.1) is 6.92 Å². The van der Waals surface area contributed by atoms with Gasteiger partial charge in [-0.05, 0) is 19.1 Å². The average Bonchev–Trinajstić information content (AvgIpc) is 2.98. The highest BCUT2D eigenvalue weighted by Crippen LogP contribution is 2.33. The summed E-state index contributed by atoms with van der Waals surface area (Å²) in [6.45, 7) is 2.13. The van der Waals surface area contributed by atoms with E-state index in [2.05, 4.69) is 24.4 Å². The first kappa shape index (κ1) is 16.4. The van der Waals surface area contributed by atoms with Gasteiger partial charge in [0.1, 0.15) is 11.6 Å². The van der Waals surface area contributed by atoms with Crippen LogP contribution in [0.25, 0.3) is 21.8 Å². The number of benzene rings is 2. The van der Waals surface area contributed by atoms with E-state index in [1.165, 1.54) is 12.0 Å². The van der Waals surface area contributed by atoms with E-state index in [9.17, 15) is 4.79 Å². The van der Waals surface area contributed by atoms with Crippen molar-refractivity contribution >= 4 is 22.9 Å². The van der Waals surface area contributed by atoms with Gasteiger partial charge in [0.25, 0.3) is 0 Å². The number of aromatic nitrogens is 1. The van der Waals surface area contributed by atoms with Gasteiger partial charge in [-0.1, -0.05) is 42.5 Å². The number of carbonyl (C=O) groups excluding carboxylic acids is 1.